The molecule has 1 N–H and O–H groups in total. The van der Waals surface area contributed by atoms with E-state index in [2.05, 4.69) is 5.10 Å². The van der Waals surface area contributed by atoms with Crippen molar-refractivity contribution in [3.05, 3.63) is 58.6 Å². The van der Waals surface area contributed by atoms with Crippen LogP contribution in [0.2, 0.25) is 5.02 Å². The van der Waals surface area contributed by atoms with Crippen molar-refractivity contribution < 1.29 is 24.2 Å². The molecule has 0 aliphatic carbocycles. The Morgan fingerprint density at radius 1 is 1.17 bits per heavy atom. The van der Waals surface area contributed by atoms with Gasteiger partial charge in [-0.2, -0.15) is 5.10 Å². The standard InChI is InChI=1S/C21H21ClN2O5/c1-28-18-8-4-7-15(21(18)29-2)17-12-16(13-5-3-6-14(22)11-13)23-24(17)19(25)9-10-20(26)27/h3-8,11,17H,9-10,12H2,1-2H3,(H,26,27). The summed E-state index contributed by atoms with van der Waals surface area (Å²) in [5.74, 6) is -0.357. The highest BCUT2D eigenvalue weighted by Gasteiger charge is 2.35. The Bertz CT molecular complexity index is 960. The maximum atomic E-state index is 12.8. The van der Waals surface area contributed by atoms with Gasteiger partial charge in [-0.3, -0.25) is 9.59 Å². The number of halogens is 1. The molecule has 1 amide bonds. The van der Waals surface area contributed by atoms with E-state index in [1.807, 2.05) is 24.3 Å². The summed E-state index contributed by atoms with van der Waals surface area (Å²) in [5, 5.41) is 15.4. The fraction of sp³-hybridized carbons (Fsp3) is 0.286. The highest BCUT2D eigenvalue weighted by atomic mass is 35.5. The van der Waals surface area contributed by atoms with E-state index in [-0.39, 0.29) is 18.7 Å². The third kappa shape index (κ3) is 4.51. The van der Waals surface area contributed by atoms with Gasteiger partial charge in [0.05, 0.1) is 32.4 Å². The van der Waals surface area contributed by atoms with Crippen molar-refractivity contribution in [1.82, 2.24) is 5.01 Å². The number of benzene rings is 2. The fourth-order valence-electron chi connectivity index (χ4n) is 3.33. The minimum absolute atomic E-state index is 0.148. The molecule has 1 aliphatic heterocycles. The van der Waals surface area contributed by atoms with E-state index >= 15 is 0 Å². The van der Waals surface area contributed by atoms with Crippen molar-refractivity contribution in [3.8, 4) is 11.5 Å². The van der Waals surface area contributed by atoms with E-state index in [9.17, 15) is 9.59 Å². The maximum absolute atomic E-state index is 12.8. The number of rotatable bonds is 7. The van der Waals surface area contributed by atoms with Crippen molar-refractivity contribution in [3.63, 3.8) is 0 Å². The molecule has 2 aromatic carbocycles. The van der Waals surface area contributed by atoms with Gasteiger partial charge in [-0.15, -0.1) is 0 Å². The van der Waals surface area contributed by atoms with Crippen molar-refractivity contribution in [2.24, 2.45) is 5.10 Å². The van der Waals surface area contributed by atoms with E-state index in [1.165, 1.54) is 12.1 Å². The Morgan fingerprint density at radius 2 is 1.93 bits per heavy atom. The van der Waals surface area contributed by atoms with Gasteiger partial charge >= 0.3 is 5.97 Å². The number of hydrazone groups is 1. The van der Waals surface area contributed by atoms with Crippen LogP contribution in [0, 0.1) is 0 Å². The molecule has 2 aromatic rings. The smallest absolute Gasteiger partial charge is 0.303 e. The van der Waals surface area contributed by atoms with E-state index in [4.69, 9.17) is 26.2 Å². The number of aliphatic carboxylic acids is 1. The summed E-state index contributed by atoms with van der Waals surface area (Å²) < 4.78 is 10.9. The normalized spacial score (nSPS) is 15.8. The summed E-state index contributed by atoms with van der Waals surface area (Å²) >= 11 is 6.11. The molecule has 152 valence electrons. The van der Waals surface area contributed by atoms with Crippen LogP contribution in [0.5, 0.6) is 11.5 Å². The molecule has 0 saturated carbocycles. The Morgan fingerprint density at radius 3 is 2.59 bits per heavy atom. The number of hydrogen-bond donors (Lipinski definition) is 1. The lowest BCUT2D eigenvalue weighted by Gasteiger charge is -2.24. The first-order chi connectivity index (χ1) is 13.9. The summed E-state index contributed by atoms with van der Waals surface area (Å²) in [4.78, 5) is 23.7. The molecule has 0 fully saturated rings. The van der Waals surface area contributed by atoms with Crippen molar-refractivity contribution >= 4 is 29.2 Å². The molecular weight excluding hydrogens is 396 g/mol. The van der Waals surface area contributed by atoms with Gasteiger partial charge in [0.15, 0.2) is 11.5 Å². The number of carbonyl (C=O) groups excluding carboxylic acids is 1. The van der Waals surface area contributed by atoms with Gasteiger partial charge in [0.1, 0.15) is 0 Å². The molecule has 0 saturated heterocycles. The van der Waals surface area contributed by atoms with Crippen LogP contribution >= 0.6 is 11.6 Å². The molecule has 1 atom stereocenters. The molecule has 7 nitrogen and oxygen atoms in total. The number of methoxy groups -OCH3 is 2. The largest absolute Gasteiger partial charge is 0.493 e. The van der Waals surface area contributed by atoms with Crippen LogP contribution in [0.25, 0.3) is 0 Å². The number of hydrogen-bond acceptors (Lipinski definition) is 5. The predicted molar refractivity (Wildman–Crippen MR) is 109 cm³/mol. The Hall–Kier alpha value is -3.06. The van der Waals surface area contributed by atoms with Crippen LogP contribution in [0.4, 0.5) is 0 Å². The molecule has 0 bridgehead atoms. The average molecular weight is 417 g/mol. The predicted octanol–water partition coefficient (Wildman–Crippen LogP) is 3.90. The molecule has 1 heterocycles. The third-order valence-corrected chi connectivity index (χ3v) is 4.90. The summed E-state index contributed by atoms with van der Waals surface area (Å²) in [5.41, 5.74) is 2.22. The SMILES string of the molecule is COc1cccc(C2CC(c3cccc(Cl)c3)=NN2C(=O)CCC(=O)O)c1OC. The van der Waals surface area contributed by atoms with Gasteiger partial charge < -0.3 is 14.6 Å². The summed E-state index contributed by atoms with van der Waals surface area (Å²) in [6.45, 7) is 0. The first-order valence-electron chi connectivity index (χ1n) is 9.02. The summed E-state index contributed by atoms with van der Waals surface area (Å²) in [6.07, 6.45) is 0.0203. The maximum Gasteiger partial charge on any atom is 0.303 e. The Balaban J connectivity index is 2.01. The second-order valence-electron chi connectivity index (χ2n) is 6.49. The number of ether oxygens (including phenoxy) is 2. The van der Waals surface area contributed by atoms with E-state index in [0.29, 0.717) is 28.7 Å². The van der Waals surface area contributed by atoms with Gasteiger partial charge in [0.2, 0.25) is 5.91 Å². The number of carboxylic acid groups (broad SMARTS) is 1. The zero-order chi connectivity index (χ0) is 21.0. The number of nitrogens with zero attached hydrogens (tertiary/aromatic N) is 2. The highest BCUT2D eigenvalue weighted by molar-refractivity contribution is 6.31. The fourth-order valence-corrected chi connectivity index (χ4v) is 3.52. The molecular formula is C21H21ClN2O5. The molecule has 3 rings (SSSR count). The molecule has 1 unspecified atom stereocenters. The topological polar surface area (TPSA) is 88.4 Å². The summed E-state index contributed by atoms with van der Waals surface area (Å²) in [7, 11) is 3.07. The minimum atomic E-state index is -1.04. The summed E-state index contributed by atoms with van der Waals surface area (Å²) in [6, 6.07) is 12.2. The first-order valence-corrected chi connectivity index (χ1v) is 9.40. The Kier molecular flexibility index (Phi) is 6.39. The highest BCUT2D eigenvalue weighted by Crippen LogP contribution is 2.42. The second kappa shape index (κ2) is 8.96. The Labute approximate surface area is 173 Å². The van der Waals surface area contributed by atoms with Crippen molar-refractivity contribution in [1.29, 1.82) is 0 Å². The molecule has 29 heavy (non-hydrogen) atoms. The van der Waals surface area contributed by atoms with Gasteiger partial charge in [-0.1, -0.05) is 35.9 Å². The number of para-hydroxylation sites is 1. The zero-order valence-electron chi connectivity index (χ0n) is 16.1. The minimum Gasteiger partial charge on any atom is -0.493 e. The van der Waals surface area contributed by atoms with Crippen LogP contribution in [-0.4, -0.2) is 41.9 Å². The number of carbonyl (C=O) groups is 2. The van der Waals surface area contributed by atoms with E-state index < -0.39 is 12.0 Å². The van der Waals surface area contributed by atoms with E-state index in [1.54, 1.807) is 25.3 Å². The van der Waals surface area contributed by atoms with Gasteiger partial charge in [-0.05, 0) is 23.8 Å². The number of amides is 1. The van der Waals surface area contributed by atoms with Gasteiger partial charge in [0, 0.05) is 23.4 Å². The quantitative estimate of drug-likeness (QED) is 0.739. The lowest BCUT2D eigenvalue weighted by Crippen LogP contribution is -2.27. The lowest BCUT2D eigenvalue weighted by atomic mass is 9.97. The number of carboxylic acids is 1. The molecule has 0 spiro atoms. The van der Waals surface area contributed by atoms with E-state index in [0.717, 1.165) is 11.1 Å². The van der Waals surface area contributed by atoms with Gasteiger partial charge in [-0.25, -0.2) is 5.01 Å². The molecule has 0 radical (unpaired) electrons. The molecule has 8 heteroatoms. The van der Waals surface area contributed by atoms with Crippen LogP contribution in [-0.2, 0) is 9.59 Å². The van der Waals surface area contributed by atoms with Crippen molar-refractivity contribution in [2.45, 2.75) is 25.3 Å². The molecule has 0 aromatic heterocycles. The third-order valence-electron chi connectivity index (χ3n) is 4.67. The lowest BCUT2D eigenvalue weighted by molar-refractivity contribution is -0.141. The monoisotopic (exact) mass is 416 g/mol. The zero-order valence-corrected chi connectivity index (χ0v) is 16.8. The van der Waals surface area contributed by atoms with Crippen LogP contribution < -0.4 is 9.47 Å². The van der Waals surface area contributed by atoms with Crippen LogP contribution in [0.1, 0.15) is 36.4 Å². The second-order valence-corrected chi connectivity index (χ2v) is 6.93. The average Bonchev–Trinajstić information content (AvgIpc) is 3.16. The van der Waals surface area contributed by atoms with Crippen LogP contribution in [0.3, 0.4) is 0 Å². The first kappa shape index (κ1) is 20.7. The molecule has 1 aliphatic rings. The van der Waals surface area contributed by atoms with Crippen LogP contribution in [0.15, 0.2) is 47.6 Å². The van der Waals surface area contributed by atoms with Gasteiger partial charge in [0.25, 0.3) is 0 Å². The van der Waals surface area contributed by atoms with Crippen molar-refractivity contribution in [2.75, 3.05) is 14.2 Å².